The quantitative estimate of drug-likeness (QED) is 0.830. The highest BCUT2D eigenvalue weighted by molar-refractivity contribution is 5.74. The van der Waals surface area contributed by atoms with Gasteiger partial charge in [0.1, 0.15) is 11.7 Å². The van der Waals surface area contributed by atoms with Crippen molar-refractivity contribution in [1.82, 2.24) is 9.97 Å². The molecule has 1 rings (SSSR count). The minimum Gasteiger partial charge on any atom is -0.481 e. The Labute approximate surface area is 95.7 Å². The van der Waals surface area contributed by atoms with Crippen LogP contribution in [-0.2, 0) is 11.2 Å². The Bertz CT molecular complexity index is 364. The molecule has 1 heterocycles. The number of nitrogens with zero attached hydrogens (tertiary/aromatic N) is 2. The summed E-state index contributed by atoms with van der Waals surface area (Å²) in [6.07, 6.45) is 3.01. The maximum Gasteiger partial charge on any atom is 0.314 e. The molecule has 0 aliphatic heterocycles. The molecule has 0 fully saturated rings. The Morgan fingerprint density at radius 3 is 2.69 bits per heavy atom. The van der Waals surface area contributed by atoms with Crippen LogP contribution in [0.3, 0.4) is 0 Å². The molecule has 0 aliphatic rings. The van der Waals surface area contributed by atoms with E-state index in [2.05, 4.69) is 23.8 Å². The number of hydrogen-bond acceptors (Lipinski definition) is 3. The molecule has 4 heteroatoms. The van der Waals surface area contributed by atoms with Gasteiger partial charge in [0.25, 0.3) is 0 Å². The van der Waals surface area contributed by atoms with Crippen molar-refractivity contribution in [2.45, 2.75) is 39.5 Å². The summed E-state index contributed by atoms with van der Waals surface area (Å²) in [4.78, 5) is 19.3. The number of rotatable bonds is 5. The molecule has 88 valence electrons. The molecule has 1 atom stereocenters. The lowest BCUT2D eigenvalue weighted by atomic mass is 10.0. The number of carboxylic acid groups (broad SMARTS) is 1. The zero-order valence-electron chi connectivity index (χ0n) is 9.97. The minimum absolute atomic E-state index is 0.424. The van der Waals surface area contributed by atoms with Crippen molar-refractivity contribution in [2.24, 2.45) is 5.92 Å². The highest BCUT2D eigenvalue weighted by atomic mass is 16.4. The summed E-state index contributed by atoms with van der Waals surface area (Å²) >= 11 is 0. The fourth-order valence-corrected chi connectivity index (χ4v) is 1.58. The summed E-state index contributed by atoms with van der Waals surface area (Å²) in [7, 11) is 0. The standard InChI is InChI=1S/C12H18N2O2/c1-4-10(12(15)16)11-13-6-5-9(14-11)7-8(2)3/h5-6,8,10H,4,7H2,1-3H3,(H,15,16). The molecule has 1 N–H and O–H groups in total. The van der Waals surface area contributed by atoms with Crippen LogP contribution in [0.2, 0.25) is 0 Å². The SMILES string of the molecule is CCC(C(=O)O)c1nccc(CC(C)C)n1. The molecule has 16 heavy (non-hydrogen) atoms. The molecule has 0 bridgehead atoms. The second-order valence-corrected chi connectivity index (χ2v) is 4.30. The van der Waals surface area contributed by atoms with Crippen molar-refractivity contribution >= 4 is 5.97 Å². The monoisotopic (exact) mass is 222 g/mol. The van der Waals surface area contributed by atoms with E-state index < -0.39 is 11.9 Å². The van der Waals surface area contributed by atoms with E-state index in [1.807, 2.05) is 13.0 Å². The van der Waals surface area contributed by atoms with E-state index in [0.717, 1.165) is 12.1 Å². The van der Waals surface area contributed by atoms with Crippen LogP contribution in [0.25, 0.3) is 0 Å². The van der Waals surface area contributed by atoms with Crippen LogP contribution < -0.4 is 0 Å². The summed E-state index contributed by atoms with van der Waals surface area (Å²) < 4.78 is 0. The van der Waals surface area contributed by atoms with Crippen molar-refractivity contribution < 1.29 is 9.90 Å². The topological polar surface area (TPSA) is 63.1 Å². The molecular formula is C12H18N2O2. The smallest absolute Gasteiger partial charge is 0.314 e. The normalized spacial score (nSPS) is 12.8. The Morgan fingerprint density at radius 1 is 1.50 bits per heavy atom. The molecule has 0 spiro atoms. The van der Waals surface area contributed by atoms with Crippen LogP contribution in [0.15, 0.2) is 12.3 Å². The van der Waals surface area contributed by atoms with Crippen LogP contribution >= 0.6 is 0 Å². The second kappa shape index (κ2) is 5.58. The lowest BCUT2D eigenvalue weighted by Crippen LogP contribution is -2.15. The number of aromatic nitrogens is 2. The molecule has 0 aliphatic carbocycles. The van der Waals surface area contributed by atoms with E-state index in [1.54, 1.807) is 6.20 Å². The largest absolute Gasteiger partial charge is 0.481 e. The van der Waals surface area contributed by atoms with Crippen LogP contribution in [0.4, 0.5) is 0 Å². The summed E-state index contributed by atoms with van der Waals surface area (Å²) in [6, 6.07) is 1.85. The summed E-state index contributed by atoms with van der Waals surface area (Å²) in [5, 5.41) is 9.02. The van der Waals surface area contributed by atoms with E-state index in [1.165, 1.54) is 0 Å². The molecule has 0 saturated carbocycles. The average molecular weight is 222 g/mol. The Balaban J connectivity index is 2.92. The Hall–Kier alpha value is -1.45. The minimum atomic E-state index is -0.857. The Morgan fingerprint density at radius 2 is 2.19 bits per heavy atom. The van der Waals surface area contributed by atoms with Gasteiger partial charge >= 0.3 is 5.97 Å². The first-order valence-electron chi connectivity index (χ1n) is 5.59. The highest BCUT2D eigenvalue weighted by Crippen LogP contribution is 2.16. The molecular weight excluding hydrogens is 204 g/mol. The van der Waals surface area contributed by atoms with Gasteiger partial charge in [-0.2, -0.15) is 0 Å². The van der Waals surface area contributed by atoms with Gasteiger partial charge in [-0.05, 0) is 24.8 Å². The van der Waals surface area contributed by atoms with Crippen LogP contribution in [0.5, 0.6) is 0 Å². The van der Waals surface area contributed by atoms with Gasteiger partial charge in [0.2, 0.25) is 0 Å². The number of carbonyl (C=O) groups is 1. The van der Waals surface area contributed by atoms with E-state index in [0.29, 0.717) is 18.2 Å². The molecule has 1 aromatic heterocycles. The van der Waals surface area contributed by atoms with Crippen molar-refractivity contribution in [1.29, 1.82) is 0 Å². The summed E-state index contributed by atoms with van der Waals surface area (Å²) in [5.41, 5.74) is 0.916. The third kappa shape index (κ3) is 3.29. The van der Waals surface area contributed by atoms with Gasteiger partial charge in [-0.3, -0.25) is 4.79 Å². The van der Waals surface area contributed by atoms with E-state index >= 15 is 0 Å². The van der Waals surface area contributed by atoms with Crippen molar-refractivity contribution in [2.75, 3.05) is 0 Å². The van der Waals surface area contributed by atoms with Crippen LogP contribution in [0, 0.1) is 5.92 Å². The molecule has 1 unspecified atom stereocenters. The van der Waals surface area contributed by atoms with Gasteiger partial charge in [-0.15, -0.1) is 0 Å². The zero-order valence-corrected chi connectivity index (χ0v) is 9.97. The lowest BCUT2D eigenvalue weighted by Gasteiger charge is -2.10. The van der Waals surface area contributed by atoms with Gasteiger partial charge in [-0.25, -0.2) is 9.97 Å². The maximum absolute atomic E-state index is 11.0. The first-order chi connectivity index (χ1) is 7.54. The van der Waals surface area contributed by atoms with Crippen molar-refractivity contribution in [3.8, 4) is 0 Å². The number of aliphatic carboxylic acids is 1. The first kappa shape index (κ1) is 12.6. The third-order valence-corrected chi connectivity index (χ3v) is 2.37. The Kier molecular flexibility index (Phi) is 4.40. The highest BCUT2D eigenvalue weighted by Gasteiger charge is 2.20. The molecule has 0 aromatic carbocycles. The summed E-state index contributed by atoms with van der Waals surface area (Å²) in [5.74, 6) is -0.517. The van der Waals surface area contributed by atoms with Gasteiger partial charge in [0, 0.05) is 11.9 Å². The molecule has 1 aromatic rings. The van der Waals surface area contributed by atoms with Gasteiger partial charge in [0.15, 0.2) is 0 Å². The van der Waals surface area contributed by atoms with Crippen molar-refractivity contribution in [3.05, 3.63) is 23.8 Å². The fraction of sp³-hybridized carbons (Fsp3) is 0.583. The van der Waals surface area contributed by atoms with Gasteiger partial charge in [0.05, 0.1) is 0 Å². The zero-order chi connectivity index (χ0) is 12.1. The van der Waals surface area contributed by atoms with Crippen LogP contribution in [0.1, 0.15) is 44.6 Å². The lowest BCUT2D eigenvalue weighted by molar-refractivity contribution is -0.139. The van der Waals surface area contributed by atoms with E-state index in [4.69, 9.17) is 5.11 Å². The van der Waals surface area contributed by atoms with Crippen molar-refractivity contribution in [3.63, 3.8) is 0 Å². The molecule has 0 saturated heterocycles. The number of carboxylic acids is 1. The average Bonchev–Trinajstić information content (AvgIpc) is 2.17. The predicted molar refractivity (Wildman–Crippen MR) is 61.2 cm³/mol. The van der Waals surface area contributed by atoms with Gasteiger partial charge in [-0.1, -0.05) is 20.8 Å². The second-order valence-electron chi connectivity index (χ2n) is 4.30. The number of hydrogen-bond donors (Lipinski definition) is 1. The molecule has 0 radical (unpaired) electrons. The third-order valence-electron chi connectivity index (χ3n) is 2.37. The van der Waals surface area contributed by atoms with Crippen LogP contribution in [-0.4, -0.2) is 21.0 Å². The first-order valence-corrected chi connectivity index (χ1v) is 5.59. The summed E-state index contributed by atoms with van der Waals surface area (Å²) in [6.45, 7) is 6.05. The van der Waals surface area contributed by atoms with E-state index in [-0.39, 0.29) is 0 Å². The predicted octanol–water partition coefficient (Wildman–Crippen LogP) is 2.25. The molecule has 0 amide bonds. The maximum atomic E-state index is 11.0. The van der Waals surface area contributed by atoms with E-state index in [9.17, 15) is 4.79 Å². The molecule has 4 nitrogen and oxygen atoms in total. The van der Waals surface area contributed by atoms with Gasteiger partial charge < -0.3 is 5.11 Å². The fourth-order valence-electron chi connectivity index (χ4n) is 1.58.